The second kappa shape index (κ2) is 9.93. The van der Waals surface area contributed by atoms with Crippen molar-refractivity contribution in [1.82, 2.24) is 24.8 Å². The largest absolute Gasteiger partial charge is 0.419 e. The molecular formula is C24H24F4N6O. The van der Waals surface area contributed by atoms with Crippen LogP contribution >= 0.6 is 0 Å². The van der Waals surface area contributed by atoms with Gasteiger partial charge in [0.25, 0.3) is 5.91 Å². The summed E-state index contributed by atoms with van der Waals surface area (Å²) in [6, 6.07) is 4.49. The molecule has 0 aliphatic carbocycles. The van der Waals surface area contributed by atoms with Crippen LogP contribution in [0.3, 0.4) is 0 Å². The van der Waals surface area contributed by atoms with Gasteiger partial charge in [-0.1, -0.05) is 13.0 Å². The molecule has 1 amide bonds. The highest BCUT2D eigenvalue weighted by molar-refractivity contribution is 6.01. The first-order valence-corrected chi connectivity index (χ1v) is 11.2. The first-order valence-electron chi connectivity index (χ1n) is 11.2. The van der Waals surface area contributed by atoms with Crippen molar-refractivity contribution in [3.8, 4) is 11.4 Å². The van der Waals surface area contributed by atoms with Gasteiger partial charge in [0.15, 0.2) is 5.82 Å². The Kier molecular flexibility index (Phi) is 6.95. The van der Waals surface area contributed by atoms with E-state index >= 15 is 4.39 Å². The van der Waals surface area contributed by atoms with Gasteiger partial charge in [0.1, 0.15) is 5.82 Å². The zero-order valence-corrected chi connectivity index (χ0v) is 19.2. The number of carbonyl (C=O) groups excluding carboxylic acids is 1. The Morgan fingerprint density at radius 1 is 1.14 bits per heavy atom. The fourth-order valence-electron chi connectivity index (χ4n) is 4.23. The molecule has 1 fully saturated rings. The number of alkyl halides is 3. The summed E-state index contributed by atoms with van der Waals surface area (Å²) in [4.78, 5) is 31.2. The molecule has 35 heavy (non-hydrogen) atoms. The van der Waals surface area contributed by atoms with Gasteiger partial charge in [-0.3, -0.25) is 4.79 Å². The Labute approximate surface area is 199 Å². The van der Waals surface area contributed by atoms with Crippen LogP contribution in [0.4, 0.5) is 23.5 Å². The number of rotatable bonds is 5. The van der Waals surface area contributed by atoms with Gasteiger partial charge in [0.2, 0.25) is 5.95 Å². The summed E-state index contributed by atoms with van der Waals surface area (Å²) in [5.74, 6) is -0.800. The van der Waals surface area contributed by atoms with E-state index in [-0.39, 0.29) is 35.8 Å². The Hall–Kier alpha value is -3.63. The Balaban J connectivity index is 1.61. The number of benzene rings is 1. The van der Waals surface area contributed by atoms with E-state index in [1.807, 2.05) is 6.92 Å². The monoisotopic (exact) mass is 488 g/mol. The number of likely N-dealkylation sites (tertiary alicyclic amines) is 1. The van der Waals surface area contributed by atoms with Gasteiger partial charge in [-0.25, -0.2) is 24.3 Å². The molecule has 184 valence electrons. The SMILES string of the molecule is Cc1ccc(-c2ncccn2)c(C(=O)N2CCC[C@@H](C)C2CNc2ncc(C(F)(F)F)cn2)c1F. The smallest absolute Gasteiger partial charge is 0.352 e. The molecule has 1 N–H and O–H groups in total. The van der Waals surface area contributed by atoms with Crippen LogP contribution in [-0.4, -0.2) is 49.9 Å². The van der Waals surface area contributed by atoms with Crippen molar-refractivity contribution < 1.29 is 22.4 Å². The highest BCUT2D eigenvalue weighted by Gasteiger charge is 2.35. The molecule has 2 aromatic heterocycles. The minimum absolute atomic E-state index is 0.0169. The third-order valence-electron chi connectivity index (χ3n) is 6.18. The fraction of sp³-hybridized carbons (Fsp3) is 0.375. The van der Waals surface area contributed by atoms with E-state index in [9.17, 15) is 18.0 Å². The van der Waals surface area contributed by atoms with Crippen molar-refractivity contribution in [2.24, 2.45) is 5.92 Å². The zero-order valence-electron chi connectivity index (χ0n) is 19.2. The van der Waals surface area contributed by atoms with Gasteiger partial charge in [0, 0.05) is 43.4 Å². The lowest BCUT2D eigenvalue weighted by Crippen LogP contribution is -2.51. The molecule has 0 saturated carbocycles. The second-order valence-electron chi connectivity index (χ2n) is 8.55. The van der Waals surface area contributed by atoms with Gasteiger partial charge in [-0.2, -0.15) is 13.2 Å². The lowest BCUT2D eigenvalue weighted by Gasteiger charge is -2.40. The first kappa shape index (κ1) is 24.5. The average Bonchev–Trinajstić information content (AvgIpc) is 2.84. The van der Waals surface area contributed by atoms with Gasteiger partial charge < -0.3 is 10.2 Å². The predicted octanol–water partition coefficient (Wildman–Crippen LogP) is 4.75. The first-order chi connectivity index (χ1) is 16.7. The van der Waals surface area contributed by atoms with E-state index in [4.69, 9.17) is 0 Å². The number of piperidine rings is 1. The van der Waals surface area contributed by atoms with Crippen LogP contribution in [0.25, 0.3) is 11.4 Å². The molecule has 1 unspecified atom stereocenters. The van der Waals surface area contributed by atoms with Crippen molar-refractivity contribution >= 4 is 11.9 Å². The molecule has 4 rings (SSSR count). The summed E-state index contributed by atoms with van der Waals surface area (Å²) < 4.78 is 53.7. The highest BCUT2D eigenvalue weighted by Crippen LogP contribution is 2.31. The third-order valence-corrected chi connectivity index (χ3v) is 6.18. The summed E-state index contributed by atoms with van der Waals surface area (Å²) in [5, 5.41) is 2.93. The summed E-state index contributed by atoms with van der Waals surface area (Å²) in [6.07, 6.45) is 1.51. The number of hydrogen-bond donors (Lipinski definition) is 1. The topological polar surface area (TPSA) is 83.9 Å². The fourth-order valence-corrected chi connectivity index (χ4v) is 4.23. The van der Waals surface area contributed by atoms with Crippen molar-refractivity contribution in [3.05, 3.63) is 65.5 Å². The van der Waals surface area contributed by atoms with E-state index in [2.05, 4.69) is 25.3 Å². The van der Waals surface area contributed by atoms with Crippen molar-refractivity contribution in [2.75, 3.05) is 18.4 Å². The van der Waals surface area contributed by atoms with Crippen molar-refractivity contribution in [1.29, 1.82) is 0 Å². The molecule has 1 aliphatic heterocycles. The number of aryl methyl sites for hydroxylation is 1. The van der Waals surface area contributed by atoms with Crippen LogP contribution in [0.5, 0.6) is 0 Å². The minimum atomic E-state index is -4.53. The Morgan fingerprint density at radius 2 is 1.83 bits per heavy atom. The number of aromatic nitrogens is 4. The molecule has 1 saturated heterocycles. The summed E-state index contributed by atoms with van der Waals surface area (Å²) in [7, 11) is 0. The van der Waals surface area contributed by atoms with E-state index in [0.717, 1.165) is 12.8 Å². The molecule has 7 nitrogen and oxygen atoms in total. The molecule has 1 aliphatic rings. The number of nitrogens with one attached hydrogen (secondary N) is 1. The van der Waals surface area contributed by atoms with Crippen molar-refractivity contribution in [3.63, 3.8) is 0 Å². The van der Waals surface area contributed by atoms with E-state index in [0.29, 0.717) is 30.1 Å². The van der Waals surface area contributed by atoms with E-state index in [1.54, 1.807) is 30.0 Å². The molecule has 0 spiro atoms. The number of hydrogen-bond acceptors (Lipinski definition) is 6. The second-order valence-corrected chi connectivity index (χ2v) is 8.55. The average molecular weight is 488 g/mol. The molecule has 1 aromatic carbocycles. The van der Waals surface area contributed by atoms with Gasteiger partial charge in [0.05, 0.1) is 17.2 Å². The molecule has 0 bridgehead atoms. The number of carbonyl (C=O) groups is 1. The van der Waals surface area contributed by atoms with Gasteiger partial charge in [-0.15, -0.1) is 0 Å². The number of nitrogens with zero attached hydrogens (tertiary/aromatic N) is 5. The maximum Gasteiger partial charge on any atom is 0.419 e. The Bertz CT molecular complexity index is 1190. The van der Waals surface area contributed by atoms with Crippen LogP contribution in [-0.2, 0) is 6.18 Å². The van der Waals surface area contributed by atoms with Gasteiger partial charge >= 0.3 is 6.18 Å². The van der Waals surface area contributed by atoms with E-state index < -0.39 is 23.5 Å². The van der Waals surface area contributed by atoms with Gasteiger partial charge in [-0.05, 0) is 43.4 Å². The molecule has 0 radical (unpaired) electrons. The molecule has 3 aromatic rings. The normalized spacial score (nSPS) is 18.4. The van der Waals surface area contributed by atoms with E-state index in [1.165, 1.54) is 12.4 Å². The van der Waals surface area contributed by atoms with Crippen LogP contribution in [0.15, 0.2) is 43.0 Å². The lowest BCUT2D eigenvalue weighted by molar-refractivity contribution is -0.138. The zero-order chi connectivity index (χ0) is 25.2. The number of halogens is 4. The summed E-state index contributed by atoms with van der Waals surface area (Å²) in [6.45, 7) is 4.17. The number of anilines is 1. The maximum atomic E-state index is 15.3. The van der Waals surface area contributed by atoms with Crippen LogP contribution in [0.2, 0.25) is 0 Å². The minimum Gasteiger partial charge on any atom is -0.352 e. The lowest BCUT2D eigenvalue weighted by atomic mass is 9.89. The molecular weight excluding hydrogens is 464 g/mol. The molecule has 11 heteroatoms. The van der Waals surface area contributed by atoms with Crippen LogP contribution < -0.4 is 5.32 Å². The predicted molar refractivity (Wildman–Crippen MR) is 121 cm³/mol. The molecule has 3 heterocycles. The quantitative estimate of drug-likeness (QED) is 0.522. The standard InChI is InChI=1S/C24H24F4N6O/c1-14-5-3-10-34(18(14)13-33-23-31-11-16(12-32-23)24(26,27)28)22(35)19-17(7-6-15(2)20(19)25)21-29-8-4-9-30-21/h4,6-9,11-12,14,18H,3,5,10,13H2,1-2H3,(H,31,32,33)/t14-,18?/m1/s1. The van der Waals surface area contributed by atoms with Crippen LogP contribution in [0.1, 0.15) is 41.3 Å². The number of amides is 1. The summed E-state index contributed by atoms with van der Waals surface area (Å²) in [5.41, 5.74) is -0.418. The highest BCUT2D eigenvalue weighted by atomic mass is 19.4. The van der Waals surface area contributed by atoms with Crippen molar-refractivity contribution in [2.45, 2.75) is 38.9 Å². The van der Waals surface area contributed by atoms with Crippen LogP contribution in [0, 0.1) is 18.7 Å². The summed E-state index contributed by atoms with van der Waals surface area (Å²) >= 11 is 0. The maximum absolute atomic E-state index is 15.3. The Morgan fingerprint density at radius 3 is 2.49 bits per heavy atom. The third kappa shape index (κ3) is 5.23. The molecule has 2 atom stereocenters.